The smallest absolute Gasteiger partial charge is 0.316 e. The molecule has 0 radical (unpaired) electrons. The third-order valence-electron chi connectivity index (χ3n) is 5.95. The quantitative estimate of drug-likeness (QED) is 0.582. The molecule has 3 atom stereocenters. The first-order valence-electron chi connectivity index (χ1n) is 9.94. The molecular formula is C23H22N2O5. The summed E-state index contributed by atoms with van der Waals surface area (Å²) in [6.07, 6.45) is 0.567. The molecule has 0 saturated heterocycles. The molecule has 2 aromatic carbocycles. The van der Waals surface area contributed by atoms with E-state index in [0.29, 0.717) is 23.5 Å². The molecule has 0 unspecified atom stereocenters. The van der Waals surface area contributed by atoms with Gasteiger partial charge in [-0.25, -0.2) is 0 Å². The summed E-state index contributed by atoms with van der Waals surface area (Å²) in [6.45, 7) is 2.08. The Morgan fingerprint density at radius 2 is 1.87 bits per heavy atom. The van der Waals surface area contributed by atoms with Crippen LogP contribution in [-0.2, 0) is 14.3 Å². The normalized spacial score (nSPS) is 24.2. The van der Waals surface area contributed by atoms with Crippen LogP contribution in [0.5, 0.6) is 11.5 Å². The summed E-state index contributed by atoms with van der Waals surface area (Å²) in [6, 6.07) is 13.0. The van der Waals surface area contributed by atoms with Crippen molar-refractivity contribution in [1.29, 1.82) is 0 Å². The molecule has 30 heavy (non-hydrogen) atoms. The largest absolute Gasteiger partial charge is 0.468 e. The van der Waals surface area contributed by atoms with E-state index in [1.54, 1.807) is 0 Å². The number of benzene rings is 2. The number of hydrogen-bond acceptors (Lipinski definition) is 7. The summed E-state index contributed by atoms with van der Waals surface area (Å²) < 4.78 is 15.9. The van der Waals surface area contributed by atoms with Gasteiger partial charge in [0.2, 0.25) is 6.79 Å². The Labute approximate surface area is 174 Å². The molecule has 0 bridgehead atoms. The molecule has 0 spiro atoms. The highest BCUT2D eigenvalue weighted by atomic mass is 16.7. The number of ketones is 1. The van der Waals surface area contributed by atoms with Crippen molar-refractivity contribution in [2.24, 2.45) is 11.8 Å². The number of ether oxygens (including phenoxy) is 3. The number of Topliss-reactive ketones (excluding diaryl/α,β-unsaturated/α-hetero) is 1. The van der Waals surface area contributed by atoms with Crippen LogP contribution in [0.25, 0.3) is 0 Å². The van der Waals surface area contributed by atoms with E-state index in [0.717, 1.165) is 22.6 Å². The first-order valence-corrected chi connectivity index (χ1v) is 9.94. The fourth-order valence-electron chi connectivity index (χ4n) is 4.48. The van der Waals surface area contributed by atoms with Crippen LogP contribution in [0.2, 0.25) is 0 Å². The van der Waals surface area contributed by atoms with Crippen molar-refractivity contribution in [3.63, 3.8) is 0 Å². The highest BCUT2D eigenvalue weighted by Crippen LogP contribution is 2.45. The lowest BCUT2D eigenvalue weighted by Crippen LogP contribution is -2.39. The zero-order valence-corrected chi connectivity index (χ0v) is 16.7. The van der Waals surface area contributed by atoms with Crippen molar-refractivity contribution in [1.82, 2.24) is 0 Å². The predicted octanol–water partition coefficient (Wildman–Crippen LogP) is 3.65. The van der Waals surface area contributed by atoms with Crippen LogP contribution in [0.4, 0.5) is 11.4 Å². The first-order chi connectivity index (χ1) is 14.6. The second kappa shape index (κ2) is 7.09. The number of rotatable bonds is 2. The van der Waals surface area contributed by atoms with Gasteiger partial charge in [0, 0.05) is 11.3 Å². The Balaban J connectivity index is 1.66. The van der Waals surface area contributed by atoms with Crippen LogP contribution >= 0.6 is 0 Å². The maximum Gasteiger partial charge on any atom is 0.316 e. The second-order valence-electron chi connectivity index (χ2n) is 7.80. The zero-order chi connectivity index (χ0) is 20.8. The van der Waals surface area contributed by atoms with Gasteiger partial charge in [0.25, 0.3) is 0 Å². The molecular weight excluding hydrogens is 384 g/mol. The molecule has 2 heterocycles. The number of anilines is 2. The minimum atomic E-state index is -0.824. The Bertz CT molecular complexity index is 1080. The summed E-state index contributed by atoms with van der Waals surface area (Å²) in [5.41, 5.74) is 4.01. The number of carbonyl (C=O) groups excluding carboxylic acids is 2. The Hall–Kier alpha value is -3.48. The standard InChI is InChI=1S/C23H22N2O5/c1-12-9-16-20(22(26)19(12)23(27)28-2)21(25-15-6-4-3-5-14(15)24-16)13-7-8-17-18(10-13)30-11-29-17/h3-8,10,12,19,21,24-25H,9,11H2,1-2H3/t12-,19+,21-/m1/s1. The maximum absolute atomic E-state index is 13.6. The summed E-state index contributed by atoms with van der Waals surface area (Å²) in [7, 11) is 1.32. The van der Waals surface area contributed by atoms with E-state index in [-0.39, 0.29) is 18.5 Å². The van der Waals surface area contributed by atoms with Crippen LogP contribution in [-0.4, -0.2) is 25.7 Å². The van der Waals surface area contributed by atoms with Crippen LogP contribution in [0, 0.1) is 11.8 Å². The van der Waals surface area contributed by atoms with Crippen molar-refractivity contribution < 1.29 is 23.8 Å². The molecule has 2 N–H and O–H groups in total. The van der Waals surface area contributed by atoms with Gasteiger partial charge < -0.3 is 24.8 Å². The molecule has 3 aliphatic rings. The van der Waals surface area contributed by atoms with Gasteiger partial charge in [-0.05, 0) is 42.2 Å². The fraction of sp³-hybridized carbons (Fsp3) is 0.304. The van der Waals surface area contributed by atoms with Crippen molar-refractivity contribution in [2.45, 2.75) is 19.4 Å². The van der Waals surface area contributed by atoms with E-state index >= 15 is 0 Å². The number of fused-ring (bicyclic) bond motifs is 2. The number of hydrogen-bond donors (Lipinski definition) is 2. The van der Waals surface area contributed by atoms with Crippen LogP contribution in [0.3, 0.4) is 0 Å². The third-order valence-corrected chi connectivity index (χ3v) is 5.95. The van der Waals surface area contributed by atoms with Gasteiger partial charge in [-0.3, -0.25) is 9.59 Å². The fourth-order valence-corrected chi connectivity index (χ4v) is 4.48. The van der Waals surface area contributed by atoms with Gasteiger partial charge in [-0.15, -0.1) is 0 Å². The van der Waals surface area contributed by atoms with Gasteiger partial charge in [-0.2, -0.15) is 0 Å². The molecule has 0 saturated carbocycles. The average Bonchev–Trinajstić information content (AvgIpc) is 3.14. The highest BCUT2D eigenvalue weighted by molar-refractivity contribution is 6.11. The molecule has 5 rings (SSSR count). The SMILES string of the molecule is COC(=O)[C@@H]1C(=O)C2=C(C[C@H]1C)Nc1ccccc1N[C@@H]2c1ccc2c(c1)OCO2. The van der Waals surface area contributed by atoms with Crippen molar-refractivity contribution in [3.05, 3.63) is 59.3 Å². The van der Waals surface area contributed by atoms with E-state index in [1.165, 1.54) is 7.11 Å². The van der Waals surface area contributed by atoms with Crippen LogP contribution < -0.4 is 20.1 Å². The zero-order valence-electron chi connectivity index (χ0n) is 16.7. The summed E-state index contributed by atoms with van der Waals surface area (Å²) >= 11 is 0. The molecule has 7 heteroatoms. The van der Waals surface area contributed by atoms with E-state index in [2.05, 4.69) is 10.6 Å². The lowest BCUT2D eigenvalue weighted by Gasteiger charge is -2.32. The van der Waals surface area contributed by atoms with E-state index in [9.17, 15) is 9.59 Å². The maximum atomic E-state index is 13.6. The number of esters is 1. The minimum Gasteiger partial charge on any atom is -0.468 e. The molecule has 1 aliphatic carbocycles. The van der Waals surface area contributed by atoms with Gasteiger partial charge in [-0.1, -0.05) is 25.1 Å². The molecule has 2 aliphatic heterocycles. The Kier molecular flexibility index (Phi) is 4.38. The van der Waals surface area contributed by atoms with Gasteiger partial charge in [0.15, 0.2) is 17.3 Å². The van der Waals surface area contributed by atoms with Gasteiger partial charge in [0.1, 0.15) is 5.92 Å². The molecule has 2 aromatic rings. The molecule has 0 aromatic heterocycles. The molecule has 7 nitrogen and oxygen atoms in total. The van der Waals surface area contributed by atoms with Gasteiger partial charge >= 0.3 is 5.97 Å². The van der Waals surface area contributed by atoms with Crippen molar-refractivity contribution >= 4 is 23.1 Å². The Morgan fingerprint density at radius 3 is 2.67 bits per heavy atom. The van der Waals surface area contributed by atoms with Crippen molar-refractivity contribution in [2.75, 3.05) is 24.5 Å². The number of para-hydroxylation sites is 2. The van der Waals surface area contributed by atoms with Crippen LogP contribution in [0.15, 0.2) is 53.7 Å². The highest BCUT2D eigenvalue weighted by Gasteiger charge is 2.44. The summed E-state index contributed by atoms with van der Waals surface area (Å²) in [5.74, 6) is -0.385. The molecule has 154 valence electrons. The summed E-state index contributed by atoms with van der Waals surface area (Å²) in [5, 5.41) is 6.94. The van der Waals surface area contributed by atoms with E-state index < -0.39 is 17.9 Å². The molecule has 0 amide bonds. The van der Waals surface area contributed by atoms with E-state index in [4.69, 9.17) is 14.2 Å². The van der Waals surface area contributed by atoms with E-state index in [1.807, 2.05) is 49.4 Å². The number of methoxy groups -OCH3 is 1. The minimum absolute atomic E-state index is 0.168. The van der Waals surface area contributed by atoms with Gasteiger partial charge in [0.05, 0.1) is 24.5 Å². The lowest BCUT2D eigenvalue weighted by molar-refractivity contribution is -0.151. The average molecular weight is 406 g/mol. The topological polar surface area (TPSA) is 85.9 Å². The van der Waals surface area contributed by atoms with Crippen molar-refractivity contribution in [3.8, 4) is 11.5 Å². The van der Waals surface area contributed by atoms with Crippen LogP contribution in [0.1, 0.15) is 24.9 Å². The Morgan fingerprint density at radius 1 is 1.10 bits per heavy atom. The lowest BCUT2D eigenvalue weighted by atomic mass is 9.75. The monoisotopic (exact) mass is 406 g/mol. The summed E-state index contributed by atoms with van der Waals surface area (Å²) in [4.78, 5) is 26.0. The molecule has 0 fully saturated rings. The first kappa shape index (κ1) is 18.5. The predicted molar refractivity (Wildman–Crippen MR) is 110 cm³/mol. The third kappa shape index (κ3) is 2.89. The second-order valence-corrected chi connectivity index (χ2v) is 7.80. The number of nitrogens with one attached hydrogen (secondary N) is 2. The number of carbonyl (C=O) groups is 2. The number of allylic oxidation sites excluding steroid dienone is 1.